The number of carbonyl (C=O) groups is 1. The standard InChI is InChI=1S/C11H16ClN3O/c1-8(2)15-11(16)5-6-13-10-4-3-9(12)7-14-10/h3-4,7-8H,5-6H2,1-2H3,(H,13,14)(H,15,16). The summed E-state index contributed by atoms with van der Waals surface area (Å²) in [5.41, 5.74) is 0. The molecule has 1 heterocycles. The molecule has 88 valence electrons. The second-order valence-electron chi connectivity index (χ2n) is 3.76. The Morgan fingerprint density at radius 1 is 1.50 bits per heavy atom. The van der Waals surface area contributed by atoms with Gasteiger partial charge in [-0.1, -0.05) is 11.6 Å². The van der Waals surface area contributed by atoms with Crippen LogP contribution in [0.1, 0.15) is 20.3 Å². The molecule has 0 aromatic carbocycles. The van der Waals surface area contributed by atoms with Crippen LogP contribution in [0.4, 0.5) is 5.82 Å². The van der Waals surface area contributed by atoms with Gasteiger partial charge in [-0.2, -0.15) is 0 Å². The molecule has 0 radical (unpaired) electrons. The van der Waals surface area contributed by atoms with Crippen LogP contribution in [0.2, 0.25) is 5.02 Å². The minimum absolute atomic E-state index is 0.0384. The summed E-state index contributed by atoms with van der Waals surface area (Å²) in [4.78, 5) is 15.4. The van der Waals surface area contributed by atoms with Crippen LogP contribution in [0.25, 0.3) is 0 Å². The Morgan fingerprint density at radius 2 is 2.25 bits per heavy atom. The number of nitrogens with one attached hydrogen (secondary N) is 2. The summed E-state index contributed by atoms with van der Waals surface area (Å²) in [7, 11) is 0. The van der Waals surface area contributed by atoms with E-state index in [4.69, 9.17) is 11.6 Å². The summed E-state index contributed by atoms with van der Waals surface area (Å²) in [6.45, 7) is 4.44. The van der Waals surface area contributed by atoms with Gasteiger partial charge in [0.15, 0.2) is 0 Å². The molecule has 16 heavy (non-hydrogen) atoms. The van der Waals surface area contributed by atoms with Crippen LogP contribution in [0, 0.1) is 0 Å². The van der Waals surface area contributed by atoms with Gasteiger partial charge in [-0.3, -0.25) is 4.79 Å². The molecule has 0 aliphatic heterocycles. The quantitative estimate of drug-likeness (QED) is 0.830. The first-order chi connectivity index (χ1) is 7.58. The van der Waals surface area contributed by atoms with Crippen molar-refractivity contribution in [2.24, 2.45) is 0 Å². The Labute approximate surface area is 100 Å². The van der Waals surface area contributed by atoms with Crippen LogP contribution in [-0.4, -0.2) is 23.5 Å². The van der Waals surface area contributed by atoms with Crippen molar-refractivity contribution in [2.45, 2.75) is 26.3 Å². The molecule has 0 spiro atoms. The maximum atomic E-state index is 11.3. The van der Waals surface area contributed by atoms with Crippen molar-refractivity contribution in [1.29, 1.82) is 0 Å². The van der Waals surface area contributed by atoms with E-state index in [1.807, 2.05) is 13.8 Å². The molecule has 0 saturated carbocycles. The zero-order valence-electron chi connectivity index (χ0n) is 9.46. The number of halogens is 1. The first-order valence-electron chi connectivity index (χ1n) is 5.22. The molecule has 0 aliphatic rings. The van der Waals surface area contributed by atoms with Gasteiger partial charge in [0.2, 0.25) is 5.91 Å². The number of nitrogens with zero attached hydrogens (tertiary/aromatic N) is 1. The fourth-order valence-electron chi connectivity index (χ4n) is 1.18. The topological polar surface area (TPSA) is 54.0 Å². The summed E-state index contributed by atoms with van der Waals surface area (Å²) >= 11 is 5.70. The number of hydrogen-bond acceptors (Lipinski definition) is 3. The molecule has 1 aromatic rings. The Bertz CT molecular complexity index is 338. The highest BCUT2D eigenvalue weighted by atomic mass is 35.5. The Morgan fingerprint density at radius 3 is 2.81 bits per heavy atom. The molecule has 1 aromatic heterocycles. The molecular weight excluding hydrogens is 226 g/mol. The average molecular weight is 242 g/mol. The lowest BCUT2D eigenvalue weighted by molar-refractivity contribution is -0.121. The summed E-state index contributed by atoms with van der Waals surface area (Å²) in [5, 5.41) is 6.46. The highest BCUT2D eigenvalue weighted by Gasteiger charge is 2.02. The lowest BCUT2D eigenvalue weighted by atomic mass is 10.3. The van der Waals surface area contributed by atoms with Crippen molar-refractivity contribution in [2.75, 3.05) is 11.9 Å². The molecule has 0 fully saturated rings. The van der Waals surface area contributed by atoms with Crippen molar-refractivity contribution >= 4 is 23.3 Å². The van der Waals surface area contributed by atoms with E-state index in [9.17, 15) is 4.79 Å². The maximum Gasteiger partial charge on any atom is 0.221 e. The monoisotopic (exact) mass is 241 g/mol. The van der Waals surface area contributed by atoms with E-state index < -0.39 is 0 Å². The molecule has 2 N–H and O–H groups in total. The molecule has 0 aliphatic carbocycles. The molecule has 1 amide bonds. The number of rotatable bonds is 5. The fourth-order valence-corrected chi connectivity index (χ4v) is 1.29. The van der Waals surface area contributed by atoms with Crippen LogP contribution >= 0.6 is 11.6 Å². The van der Waals surface area contributed by atoms with Crippen molar-refractivity contribution in [1.82, 2.24) is 10.3 Å². The minimum Gasteiger partial charge on any atom is -0.370 e. The summed E-state index contributed by atoms with van der Waals surface area (Å²) in [6.07, 6.45) is 2.00. The molecule has 5 heteroatoms. The Balaban J connectivity index is 2.25. The second-order valence-corrected chi connectivity index (χ2v) is 4.20. The minimum atomic E-state index is 0.0384. The number of aromatic nitrogens is 1. The van der Waals surface area contributed by atoms with Gasteiger partial charge in [-0.25, -0.2) is 4.98 Å². The van der Waals surface area contributed by atoms with Crippen LogP contribution in [-0.2, 0) is 4.79 Å². The van der Waals surface area contributed by atoms with E-state index in [2.05, 4.69) is 15.6 Å². The van der Waals surface area contributed by atoms with Gasteiger partial charge in [0.1, 0.15) is 5.82 Å². The largest absolute Gasteiger partial charge is 0.370 e. The van der Waals surface area contributed by atoms with Crippen molar-refractivity contribution in [3.8, 4) is 0 Å². The smallest absolute Gasteiger partial charge is 0.221 e. The first kappa shape index (κ1) is 12.8. The number of amides is 1. The van der Waals surface area contributed by atoms with Crippen LogP contribution in [0.3, 0.4) is 0 Å². The van der Waals surface area contributed by atoms with Gasteiger partial charge in [0.25, 0.3) is 0 Å². The summed E-state index contributed by atoms with van der Waals surface area (Å²) in [6, 6.07) is 3.72. The van der Waals surface area contributed by atoms with Crippen LogP contribution in [0.15, 0.2) is 18.3 Å². The molecular formula is C11H16ClN3O. The van der Waals surface area contributed by atoms with E-state index in [0.29, 0.717) is 18.0 Å². The Kier molecular flexibility index (Phi) is 5.05. The first-order valence-corrected chi connectivity index (χ1v) is 5.60. The summed E-state index contributed by atoms with van der Waals surface area (Å²) < 4.78 is 0. The van der Waals surface area contributed by atoms with E-state index in [0.717, 1.165) is 5.82 Å². The number of carbonyl (C=O) groups excluding carboxylic acids is 1. The lowest BCUT2D eigenvalue weighted by Crippen LogP contribution is -2.31. The third-order valence-corrected chi connectivity index (χ3v) is 2.06. The lowest BCUT2D eigenvalue weighted by Gasteiger charge is -2.09. The van der Waals surface area contributed by atoms with E-state index in [-0.39, 0.29) is 11.9 Å². The number of pyridine rings is 1. The SMILES string of the molecule is CC(C)NC(=O)CCNc1ccc(Cl)cn1. The predicted octanol–water partition coefficient (Wildman–Crippen LogP) is 2.06. The third-order valence-electron chi connectivity index (χ3n) is 1.84. The van der Waals surface area contributed by atoms with Crippen molar-refractivity contribution < 1.29 is 4.79 Å². The summed E-state index contributed by atoms with van der Waals surface area (Å²) in [5.74, 6) is 0.762. The molecule has 0 saturated heterocycles. The molecule has 0 bridgehead atoms. The zero-order valence-corrected chi connectivity index (χ0v) is 10.2. The van der Waals surface area contributed by atoms with Crippen molar-refractivity contribution in [3.05, 3.63) is 23.4 Å². The van der Waals surface area contributed by atoms with E-state index in [1.165, 1.54) is 0 Å². The molecule has 4 nitrogen and oxygen atoms in total. The number of hydrogen-bond donors (Lipinski definition) is 2. The van der Waals surface area contributed by atoms with Gasteiger partial charge in [-0.05, 0) is 26.0 Å². The van der Waals surface area contributed by atoms with E-state index in [1.54, 1.807) is 18.3 Å². The zero-order chi connectivity index (χ0) is 12.0. The van der Waals surface area contributed by atoms with Gasteiger partial charge in [-0.15, -0.1) is 0 Å². The average Bonchev–Trinajstić information content (AvgIpc) is 2.20. The third kappa shape index (κ3) is 4.98. The normalized spacial score (nSPS) is 10.2. The molecule has 0 unspecified atom stereocenters. The van der Waals surface area contributed by atoms with Gasteiger partial charge in [0.05, 0.1) is 5.02 Å². The highest BCUT2D eigenvalue weighted by Crippen LogP contribution is 2.09. The molecule has 0 atom stereocenters. The molecule has 1 rings (SSSR count). The highest BCUT2D eigenvalue weighted by molar-refractivity contribution is 6.30. The fraction of sp³-hybridized carbons (Fsp3) is 0.455. The van der Waals surface area contributed by atoms with Gasteiger partial charge < -0.3 is 10.6 Å². The van der Waals surface area contributed by atoms with E-state index >= 15 is 0 Å². The Hall–Kier alpha value is -1.29. The second kappa shape index (κ2) is 6.33. The maximum absolute atomic E-state index is 11.3. The van der Waals surface area contributed by atoms with Crippen LogP contribution < -0.4 is 10.6 Å². The predicted molar refractivity (Wildman–Crippen MR) is 65.6 cm³/mol. The van der Waals surface area contributed by atoms with Gasteiger partial charge in [0, 0.05) is 25.2 Å². The van der Waals surface area contributed by atoms with Crippen LogP contribution in [0.5, 0.6) is 0 Å². The van der Waals surface area contributed by atoms with Gasteiger partial charge >= 0.3 is 0 Å². The van der Waals surface area contributed by atoms with Crippen molar-refractivity contribution in [3.63, 3.8) is 0 Å². The number of anilines is 1.